The number of benzene rings is 2. The van der Waals surface area contributed by atoms with Crippen molar-refractivity contribution in [2.24, 2.45) is 5.73 Å². The minimum absolute atomic E-state index is 0.0777. The fraction of sp³-hybridized carbons (Fsp3) is 0.200. The molecule has 0 aliphatic carbocycles. The van der Waals surface area contributed by atoms with Crippen LogP contribution in [0.2, 0.25) is 5.02 Å². The number of halogens is 2. The lowest BCUT2D eigenvalue weighted by atomic mass is 9.99. The average molecular weight is 280 g/mol. The lowest BCUT2D eigenvalue weighted by Gasteiger charge is -2.14. The molecule has 2 aromatic rings. The van der Waals surface area contributed by atoms with Crippen LogP contribution in [0, 0.1) is 5.82 Å². The number of hydrogen-bond acceptors (Lipinski definition) is 2. The zero-order valence-electron chi connectivity index (χ0n) is 10.6. The number of nitrogens with two attached hydrogens (primary N) is 1. The Morgan fingerprint density at radius 3 is 2.63 bits per heavy atom. The SMILES string of the molecule is CCOc1cccc(C(N)c2ccc(F)c(Cl)c2)c1. The topological polar surface area (TPSA) is 35.2 Å². The van der Waals surface area contributed by atoms with Crippen LogP contribution in [0.25, 0.3) is 0 Å². The second kappa shape index (κ2) is 6.04. The Hall–Kier alpha value is -1.58. The normalized spacial score (nSPS) is 12.2. The Balaban J connectivity index is 2.29. The molecule has 2 rings (SSSR count). The summed E-state index contributed by atoms with van der Waals surface area (Å²) in [6.07, 6.45) is 0. The van der Waals surface area contributed by atoms with Crippen LogP contribution >= 0.6 is 11.6 Å². The summed E-state index contributed by atoms with van der Waals surface area (Å²) < 4.78 is 18.6. The zero-order valence-corrected chi connectivity index (χ0v) is 11.3. The molecule has 4 heteroatoms. The third-order valence-corrected chi connectivity index (χ3v) is 3.12. The van der Waals surface area contributed by atoms with Gasteiger partial charge in [0.25, 0.3) is 0 Å². The van der Waals surface area contributed by atoms with Gasteiger partial charge in [0.15, 0.2) is 0 Å². The van der Waals surface area contributed by atoms with Gasteiger partial charge < -0.3 is 10.5 Å². The first-order chi connectivity index (χ1) is 9.11. The summed E-state index contributed by atoms with van der Waals surface area (Å²) in [5.74, 6) is 0.323. The van der Waals surface area contributed by atoms with Crippen molar-refractivity contribution in [1.29, 1.82) is 0 Å². The van der Waals surface area contributed by atoms with E-state index in [1.165, 1.54) is 6.07 Å². The zero-order chi connectivity index (χ0) is 13.8. The third kappa shape index (κ3) is 3.25. The largest absolute Gasteiger partial charge is 0.494 e. The maximum atomic E-state index is 13.1. The molecular weight excluding hydrogens is 265 g/mol. The van der Waals surface area contributed by atoms with Gasteiger partial charge in [-0.3, -0.25) is 0 Å². The Kier molecular flexibility index (Phi) is 4.40. The second-order valence-corrected chi connectivity index (χ2v) is 4.56. The van der Waals surface area contributed by atoms with Crippen molar-refractivity contribution >= 4 is 11.6 Å². The van der Waals surface area contributed by atoms with Gasteiger partial charge in [-0.2, -0.15) is 0 Å². The molecule has 0 radical (unpaired) electrons. The van der Waals surface area contributed by atoms with E-state index in [1.54, 1.807) is 12.1 Å². The van der Waals surface area contributed by atoms with Gasteiger partial charge in [0.2, 0.25) is 0 Å². The van der Waals surface area contributed by atoms with Crippen LogP contribution in [-0.4, -0.2) is 6.61 Å². The molecule has 0 aromatic heterocycles. The van der Waals surface area contributed by atoms with Crippen LogP contribution in [0.1, 0.15) is 24.1 Å². The molecule has 19 heavy (non-hydrogen) atoms. The molecule has 0 saturated heterocycles. The summed E-state index contributed by atoms with van der Waals surface area (Å²) in [6.45, 7) is 2.52. The maximum Gasteiger partial charge on any atom is 0.141 e. The molecule has 0 saturated carbocycles. The molecule has 0 aliphatic rings. The summed E-state index contributed by atoms with van der Waals surface area (Å²) in [7, 11) is 0. The van der Waals surface area contributed by atoms with Gasteiger partial charge in [-0.1, -0.05) is 29.8 Å². The quantitative estimate of drug-likeness (QED) is 0.920. The predicted molar refractivity (Wildman–Crippen MR) is 75.1 cm³/mol. The molecular formula is C15H15ClFNO. The van der Waals surface area contributed by atoms with Crippen LogP contribution in [-0.2, 0) is 0 Å². The van der Waals surface area contributed by atoms with Crippen LogP contribution in [0.3, 0.4) is 0 Å². The van der Waals surface area contributed by atoms with Gasteiger partial charge in [-0.15, -0.1) is 0 Å². The summed E-state index contributed by atoms with van der Waals surface area (Å²) in [4.78, 5) is 0. The maximum absolute atomic E-state index is 13.1. The summed E-state index contributed by atoms with van der Waals surface area (Å²) in [5.41, 5.74) is 7.82. The molecule has 2 nitrogen and oxygen atoms in total. The van der Waals surface area contributed by atoms with E-state index >= 15 is 0 Å². The van der Waals surface area contributed by atoms with Crippen molar-refractivity contribution in [2.45, 2.75) is 13.0 Å². The lowest BCUT2D eigenvalue weighted by Crippen LogP contribution is -2.12. The van der Waals surface area contributed by atoms with Crippen LogP contribution in [0.5, 0.6) is 5.75 Å². The molecule has 1 unspecified atom stereocenters. The van der Waals surface area contributed by atoms with E-state index in [-0.39, 0.29) is 11.1 Å². The number of ether oxygens (including phenoxy) is 1. The van der Waals surface area contributed by atoms with E-state index < -0.39 is 5.82 Å². The first kappa shape index (κ1) is 13.8. The molecule has 0 heterocycles. The number of hydrogen-bond donors (Lipinski definition) is 1. The lowest BCUT2D eigenvalue weighted by molar-refractivity contribution is 0.340. The highest BCUT2D eigenvalue weighted by atomic mass is 35.5. The number of rotatable bonds is 4. The fourth-order valence-electron chi connectivity index (χ4n) is 1.86. The Labute approximate surface area is 117 Å². The van der Waals surface area contributed by atoms with Crippen LogP contribution in [0.4, 0.5) is 4.39 Å². The van der Waals surface area contributed by atoms with Gasteiger partial charge in [-0.25, -0.2) is 4.39 Å². The van der Waals surface area contributed by atoms with Crippen molar-refractivity contribution in [3.63, 3.8) is 0 Å². The van der Waals surface area contributed by atoms with E-state index in [9.17, 15) is 4.39 Å². The van der Waals surface area contributed by atoms with E-state index in [2.05, 4.69) is 0 Å². The second-order valence-electron chi connectivity index (χ2n) is 4.16. The first-order valence-corrected chi connectivity index (χ1v) is 6.43. The molecule has 2 aromatic carbocycles. The molecule has 0 fully saturated rings. The predicted octanol–water partition coefficient (Wildman–Crippen LogP) is 3.93. The smallest absolute Gasteiger partial charge is 0.141 e. The first-order valence-electron chi connectivity index (χ1n) is 6.05. The summed E-state index contributed by atoms with van der Waals surface area (Å²) in [6, 6.07) is 11.7. The fourth-order valence-corrected chi connectivity index (χ4v) is 2.05. The van der Waals surface area contributed by atoms with Gasteiger partial charge in [0, 0.05) is 0 Å². The van der Waals surface area contributed by atoms with Gasteiger partial charge in [-0.05, 0) is 42.3 Å². The Morgan fingerprint density at radius 1 is 1.21 bits per heavy atom. The summed E-state index contributed by atoms with van der Waals surface area (Å²) in [5, 5.41) is 0.0777. The van der Waals surface area contributed by atoms with Crippen molar-refractivity contribution < 1.29 is 9.13 Å². The Morgan fingerprint density at radius 2 is 1.95 bits per heavy atom. The third-order valence-electron chi connectivity index (χ3n) is 2.83. The van der Waals surface area contributed by atoms with Gasteiger partial charge in [0.1, 0.15) is 11.6 Å². The highest BCUT2D eigenvalue weighted by Gasteiger charge is 2.11. The highest BCUT2D eigenvalue weighted by molar-refractivity contribution is 6.30. The van der Waals surface area contributed by atoms with Crippen molar-refractivity contribution in [3.8, 4) is 5.75 Å². The molecule has 0 amide bonds. The molecule has 1 atom stereocenters. The van der Waals surface area contributed by atoms with Gasteiger partial charge >= 0.3 is 0 Å². The minimum atomic E-state index is -0.444. The van der Waals surface area contributed by atoms with Gasteiger partial charge in [0.05, 0.1) is 17.7 Å². The standard InChI is InChI=1S/C15H15ClFNO/c1-2-19-12-5-3-4-10(8-12)15(18)11-6-7-14(17)13(16)9-11/h3-9,15H,2,18H2,1H3. The molecule has 2 N–H and O–H groups in total. The highest BCUT2D eigenvalue weighted by Crippen LogP contribution is 2.26. The van der Waals surface area contributed by atoms with E-state index in [0.717, 1.165) is 16.9 Å². The van der Waals surface area contributed by atoms with E-state index in [1.807, 2.05) is 31.2 Å². The average Bonchev–Trinajstić information content (AvgIpc) is 2.42. The molecule has 0 aliphatic heterocycles. The van der Waals surface area contributed by atoms with Crippen molar-refractivity contribution in [3.05, 3.63) is 64.4 Å². The molecule has 100 valence electrons. The summed E-state index contributed by atoms with van der Waals surface area (Å²) >= 11 is 5.77. The Bertz CT molecular complexity index is 574. The van der Waals surface area contributed by atoms with Crippen molar-refractivity contribution in [2.75, 3.05) is 6.61 Å². The monoisotopic (exact) mass is 279 g/mol. The molecule has 0 bridgehead atoms. The van der Waals surface area contributed by atoms with Crippen LogP contribution < -0.4 is 10.5 Å². The van der Waals surface area contributed by atoms with E-state index in [0.29, 0.717) is 6.61 Å². The van der Waals surface area contributed by atoms with E-state index in [4.69, 9.17) is 22.1 Å². The minimum Gasteiger partial charge on any atom is -0.494 e. The van der Waals surface area contributed by atoms with Crippen LogP contribution in [0.15, 0.2) is 42.5 Å². The van der Waals surface area contributed by atoms with Crippen molar-refractivity contribution in [1.82, 2.24) is 0 Å². The molecule has 0 spiro atoms.